The lowest BCUT2D eigenvalue weighted by atomic mass is 10.1. The summed E-state index contributed by atoms with van der Waals surface area (Å²) >= 11 is 6.55. The zero-order valence-corrected chi connectivity index (χ0v) is 17.8. The highest BCUT2D eigenvalue weighted by Crippen LogP contribution is 2.28. The number of fused-ring (bicyclic) bond motifs is 1. The topological polar surface area (TPSA) is 101 Å². The molecule has 3 aromatic heterocycles. The number of halogens is 1. The maximum Gasteiger partial charge on any atom is 0.256 e. The van der Waals surface area contributed by atoms with Crippen LogP contribution in [-0.4, -0.2) is 35.9 Å². The van der Waals surface area contributed by atoms with Gasteiger partial charge in [-0.15, -0.1) is 0 Å². The molecule has 8 nitrogen and oxygen atoms in total. The second kappa shape index (κ2) is 8.24. The van der Waals surface area contributed by atoms with Crippen LogP contribution in [0, 0.1) is 0 Å². The van der Waals surface area contributed by atoms with Gasteiger partial charge in [-0.25, -0.2) is 9.97 Å². The van der Waals surface area contributed by atoms with Gasteiger partial charge in [0.15, 0.2) is 5.82 Å². The molecule has 0 bridgehead atoms. The van der Waals surface area contributed by atoms with Crippen molar-refractivity contribution in [2.24, 2.45) is 7.05 Å². The Kier molecular flexibility index (Phi) is 5.12. The largest absolute Gasteiger partial charge is 0.307 e. The molecule has 0 unspecified atom stereocenters. The summed E-state index contributed by atoms with van der Waals surface area (Å²) in [5.74, 6) is 1.64. The maximum atomic E-state index is 12.4. The van der Waals surface area contributed by atoms with Crippen LogP contribution in [0.25, 0.3) is 22.3 Å². The molecule has 0 atom stereocenters. The third-order valence-electron chi connectivity index (χ3n) is 5.15. The maximum absolute atomic E-state index is 12.4. The van der Waals surface area contributed by atoms with E-state index in [1.54, 1.807) is 41.3 Å². The van der Waals surface area contributed by atoms with Gasteiger partial charge in [-0.05, 0) is 35.9 Å². The van der Waals surface area contributed by atoms with Crippen LogP contribution in [0.1, 0.15) is 21.7 Å². The molecule has 9 heteroatoms. The standard InChI is InChI=1S/C23H18ClN7O/c1-31-20(12-16-9-10-18-17(21(16)24)13-26-29-18)28-22(30-31)14-5-7-15(8-6-14)23(32)27-19-4-2-3-11-25-19/h2-11,13H,12H2,1H3,(H,26,29)(H,25,27,32). The number of amides is 1. The summed E-state index contributed by atoms with van der Waals surface area (Å²) in [4.78, 5) is 21.2. The number of aromatic nitrogens is 6. The van der Waals surface area contributed by atoms with Gasteiger partial charge >= 0.3 is 0 Å². The minimum absolute atomic E-state index is 0.228. The van der Waals surface area contributed by atoms with Gasteiger partial charge in [0.2, 0.25) is 0 Å². The molecule has 32 heavy (non-hydrogen) atoms. The number of nitrogens with zero attached hydrogens (tertiary/aromatic N) is 5. The highest BCUT2D eigenvalue weighted by Gasteiger charge is 2.14. The number of pyridine rings is 1. The molecule has 1 amide bonds. The first-order valence-corrected chi connectivity index (χ1v) is 10.3. The van der Waals surface area contributed by atoms with E-state index >= 15 is 0 Å². The Balaban J connectivity index is 1.35. The molecule has 2 N–H and O–H groups in total. The Hall–Kier alpha value is -4.04. The SMILES string of the molecule is Cn1nc(-c2ccc(C(=O)Nc3ccccn3)cc2)nc1Cc1ccc2[nH]ncc2c1Cl. The first-order chi connectivity index (χ1) is 15.6. The van der Waals surface area contributed by atoms with Crippen LogP contribution in [0.2, 0.25) is 5.02 Å². The number of hydrogen-bond donors (Lipinski definition) is 2. The highest BCUT2D eigenvalue weighted by atomic mass is 35.5. The van der Waals surface area contributed by atoms with Crippen LogP contribution in [-0.2, 0) is 13.5 Å². The third kappa shape index (κ3) is 3.83. The lowest BCUT2D eigenvalue weighted by molar-refractivity contribution is 0.102. The molecule has 0 saturated carbocycles. The van der Waals surface area contributed by atoms with Gasteiger partial charge in [0.05, 0.1) is 16.7 Å². The van der Waals surface area contributed by atoms with E-state index in [1.807, 2.05) is 37.4 Å². The van der Waals surface area contributed by atoms with Crippen molar-refractivity contribution in [1.29, 1.82) is 0 Å². The third-order valence-corrected chi connectivity index (χ3v) is 5.60. The lowest BCUT2D eigenvalue weighted by Crippen LogP contribution is -2.12. The number of hydrogen-bond acceptors (Lipinski definition) is 5. The zero-order valence-electron chi connectivity index (χ0n) is 17.1. The molecule has 0 aliphatic rings. The Morgan fingerprint density at radius 1 is 1.12 bits per heavy atom. The van der Waals surface area contributed by atoms with Crippen molar-refractivity contribution in [2.45, 2.75) is 6.42 Å². The van der Waals surface area contributed by atoms with E-state index in [1.165, 1.54) is 0 Å². The normalized spacial score (nSPS) is 11.1. The van der Waals surface area contributed by atoms with E-state index in [-0.39, 0.29) is 5.91 Å². The molecule has 0 aliphatic carbocycles. The van der Waals surface area contributed by atoms with E-state index in [0.29, 0.717) is 28.6 Å². The van der Waals surface area contributed by atoms with Gasteiger partial charge in [-0.3, -0.25) is 14.6 Å². The number of aromatic amines is 1. The van der Waals surface area contributed by atoms with Crippen molar-refractivity contribution in [3.8, 4) is 11.4 Å². The average Bonchev–Trinajstić information content (AvgIpc) is 3.44. The first kappa shape index (κ1) is 19.9. The van der Waals surface area contributed by atoms with E-state index in [2.05, 4.69) is 30.6 Å². The van der Waals surface area contributed by atoms with Gasteiger partial charge in [-0.2, -0.15) is 10.2 Å². The fraction of sp³-hybridized carbons (Fsp3) is 0.0870. The van der Waals surface area contributed by atoms with Crippen LogP contribution in [0.3, 0.4) is 0 Å². The van der Waals surface area contributed by atoms with E-state index in [0.717, 1.165) is 27.9 Å². The van der Waals surface area contributed by atoms with Gasteiger partial charge in [0.25, 0.3) is 5.91 Å². The minimum atomic E-state index is -0.228. The average molecular weight is 444 g/mol. The van der Waals surface area contributed by atoms with Gasteiger partial charge < -0.3 is 5.32 Å². The highest BCUT2D eigenvalue weighted by molar-refractivity contribution is 6.36. The molecule has 5 rings (SSSR count). The van der Waals surface area contributed by atoms with Crippen molar-refractivity contribution in [2.75, 3.05) is 5.32 Å². The van der Waals surface area contributed by atoms with E-state index < -0.39 is 0 Å². The summed E-state index contributed by atoms with van der Waals surface area (Å²) in [5.41, 5.74) is 3.18. The first-order valence-electron chi connectivity index (χ1n) is 9.91. The molecular weight excluding hydrogens is 426 g/mol. The second-order valence-corrected chi connectivity index (χ2v) is 7.65. The van der Waals surface area contributed by atoms with Crippen LogP contribution >= 0.6 is 11.6 Å². The molecule has 0 aliphatic heterocycles. The van der Waals surface area contributed by atoms with Crippen LogP contribution in [0.15, 0.2) is 67.0 Å². The predicted octanol–water partition coefficient (Wildman–Crippen LogP) is 4.25. The Labute approximate surface area is 188 Å². The number of benzene rings is 2. The summed E-state index contributed by atoms with van der Waals surface area (Å²) in [6, 6.07) is 16.4. The van der Waals surface area contributed by atoms with E-state index in [9.17, 15) is 4.79 Å². The summed E-state index contributed by atoms with van der Waals surface area (Å²) in [7, 11) is 1.85. The van der Waals surface area contributed by atoms with Crippen LogP contribution < -0.4 is 5.32 Å². The Morgan fingerprint density at radius 2 is 1.97 bits per heavy atom. The van der Waals surface area contributed by atoms with Gasteiger partial charge in [0.1, 0.15) is 11.6 Å². The molecule has 3 heterocycles. The summed E-state index contributed by atoms with van der Waals surface area (Å²) in [6.07, 6.45) is 3.88. The van der Waals surface area contributed by atoms with Crippen molar-refractivity contribution in [3.63, 3.8) is 0 Å². The fourth-order valence-electron chi connectivity index (χ4n) is 3.42. The number of anilines is 1. The smallest absolute Gasteiger partial charge is 0.256 e. The van der Waals surface area contributed by atoms with Crippen molar-refractivity contribution < 1.29 is 4.79 Å². The van der Waals surface area contributed by atoms with E-state index in [4.69, 9.17) is 11.6 Å². The number of aryl methyl sites for hydroxylation is 1. The second-order valence-electron chi connectivity index (χ2n) is 7.27. The fourth-order valence-corrected chi connectivity index (χ4v) is 3.70. The molecule has 0 fully saturated rings. The van der Waals surface area contributed by atoms with Crippen molar-refractivity contribution in [1.82, 2.24) is 29.9 Å². The quantitative estimate of drug-likeness (QED) is 0.423. The van der Waals surface area contributed by atoms with Crippen LogP contribution in [0.5, 0.6) is 0 Å². The molecule has 2 aromatic carbocycles. The lowest BCUT2D eigenvalue weighted by Gasteiger charge is -2.04. The number of H-pyrrole nitrogens is 1. The van der Waals surface area contributed by atoms with Gasteiger partial charge in [0, 0.05) is 36.2 Å². The number of carbonyl (C=O) groups excluding carboxylic acids is 1. The summed E-state index contributed by atoms with van der Waals surface area (Å²) < 4.78 is 1.74. The Morgan fingerprint density at radius 3 is 2.75 bits per heavy atom. The molecule has 0 saturated heterocycles. The number of nitrogens with one attached hydrogen (secondary N) is 2. The number of carbonyl (C=O) groups is 1. The summed E-state index contributed by atoms with van der Waals surface area (Å²) in [6.45, 7) is 0. The zero-order chi connectivity index (χ0) is 22.1. The minimum Gasteiger partial charge on any atom is -0.307 e. The Bertz CT molecular complexity index is 1410. The van der Waals surface area contributed by atoms with Gasteiger partial charge in [-0.1, -0.05) is 35.9 Å². The predicted molar refractivity (Wildman–Crippen MR) is 123 cm³/mol. The summed E-state index contributed by atoms with van der Waals surface area (Å²) in [5, 5.41) is 15.8. The van der Waals surface area contributed by atoms with Crippen LogP contribution in [0.4, 0.5) is 5.82 Å². The molecule has 5 aromatic rings. The monoisotopic (exact) mass is 443 g/mol. The molecular formula is C23H18ClN7O. The van der Waals surface area contributed by atoms with Crippen molar-refractivity contribution >= 4 is 34.2 Å². The van der Waals surface area contributed by atoms with Crippen molar-refractivity contribution in [3.05, 3.63) is 89.0 Å². The number of rotatable bonds is 5. The molecule has 0 spiro atoms. The molecule has 0 radical (unpaired) electrons. The molecule has 158 valence electrons.